The van der Waals surface area contributed by atoms with Crippen molar-refractivity contribution in [1.82, 2.24) is 0 Å². The largest absolute Gasteiger partial charge is 1.00 e. The third-order valence-corrected chi connectivity index (χ3v) is 5.08. The zero-order valence-electron chi connectivity index (χ0n) is 9.55. The van der Waals surface area contributed by atoms with Gasteiger partial charge in [0.25, 0.3) is 4.88 Å². The van der Waals surface area contributed by atoms with Crippen LogP contribution in [0.4, 0.5) is 0 Å². The molecule has 0 aliphatic rings. The van der Waals surface area contributed by atoms with Gasteiger partial charge in [-0.25, -0.2) is 0 Å². The molecule has 0 aliphatic carbocycles. The molecule has 90 valence electrons. The summed E-state index contributed by atoms with van der Waals surface area (Å²) in [6.07, 6.45) is 0. The van der Waals surface area contributed by atoms with Gasteiger partial charge >= 0.3 is 10.3 Å². The Morgan fingerprint density at radius 2 is 1.28 bits per heavy atom. The molecule has 3 heteroatoms. The molecule has 0 nitrogen and oxygen atoms in total. The van der Waals surface area contributed by atoms with Crippen molar-refractivity contribution in [2.75, 3.05) is 0 Å². The molecule has 0 spiro atoms. The third kappa shape index (κ3) is 2.96. The average molecular weight is 382 g/mol. The van der Waals surface area contributed by atoms with Crippen LogP contribution < -0.4 is 24.0 Å². The summed E-state index contributed by atoms with van der Waals surface area (Å²) in [6.45, 7) is 0. The van der Waals surface area contributed by atoms with Gasteiger partial charge in [-0.05, 0) is 17.7 Å². The fraction of sp³-hybridized carbons (Fsp3) is 0. The fourth-order valence-corrected chi connectivity index (χ4v) is 4.18. The predicted molar refractivity (Wildman–Crippen MR) is 77.5 cm³/mol. The van der Waals surface area contributed by atoms with Crippen molar-refractivity contribution < 1.29 is 24.0 Å². The van der Waals surface area contributed by atoms with Crippen molar-refractivity contribution in [2.45, 2.75) is 0 Å². The first-order valence-electron chi connectivity index (χ1n) is 5.47. The van der Waals surface area contributed by atoms with Crippen LogP contribution in [0.2, 0.25) is 0 Å². The zero-order valence-corrected chi connectivity index (χ0v) is 13.3. The zero-order chi connectivity index (χ0) is 11.5. The Morgan fingerprint density at radius 1 is 0.722 bits per heavy atom. The van der Waals surface area contributed by atoms with Crippen LogP contribution in [0.3, 0.4) is 0 Å². The summed E-state index contributed by atoms with van der Waals surface area (Å²) in [5.41, 5.74) is 2.60. The number of hydrogen-bond acceptors (Lipinski definition) is 1. The van der Waals surface area contributed by atoms with Gasteiger partial charge in [0.15, 0.2) is 10.3 Å². The van der Waals surface area contributed by atoms with Crippen LogP contribution in [0.25, 0.3) is 20.9 Å². The lowest BCUT2D eigenvalue weighted by atomic mass is 10.1. The summed E-state index contributed by atoms with van der Waals surface area (Å²) in [4.78, 5) is 2.68. The SMILES string of the molecule is [I-].c1ccc(-c2cc(-c3ccccc3)[s+]s2)cc1. The molecule has 0 N–H and O–H groups in total. The minimum atomic E-state index is 0. The van der Waals surface area contributed by atoms with E-state index in [1.165, 1.54) is 20.9 Å². The predicted octanol–water partition coefficient (Wildman–Crippen LogP) is 2.43. The smallest absolute Gasteiger partial charge is 0.301 e. The molecule has 0 aliphatic heterocycles. The van der Waals surface area contributed by atoms with E-state index in [0.29, 0.717) is 0 Å². The number of halogens is 1. The second kappa shape index (κ2) is 6.41. The summed E-state index contributed by atoms with van der Waals surface area (Å²) in [7, 11) is 3.68. The number of rotatable bonds is 2. The first-order valence-corrected chi connectivity index (χ1v) is 7.62. The van der Waals surface area contributed by atoms with Gasteiger partial charge in [-0.2, -0.15) is 0 Å². The Hall–Kier alpha value is -0.780. The van der Waals surface area contributed by atoms with E-state index in [2.05, 4.69) is 66.7 Å². The first-order chi connectivity index (χ1) is 8.43. The first kappa shape index (κ1) is 13.6. The van der Waals surface area contributed by atoms with Gasteiger partial charge in [0.2, 0.25) is 0 Å². The number of benzene rings is 2. The van der Waals surface area contributed by atoms with Gasteiger partial charge in [0.1, 0.15) is 0 Å². The molecule has 0 saturated carbocycles. The third-order valence-electron chi connectivity index (χ3n) is 2.60. The highest BCUT2D eigenvalue weighted by Gasteiger charge is 2.16. The maximum Gasteiger partial charge on any atom is 0.301 e. The molecule has 1 heterocycles. The van der Waals surface area contributed by atoms with E-state index >= 15 is 0 Å². The standard InChI is InChI=1S/C15H11S2.HI/c1-3-7-12(8-4-1)14-11-15(17-16-14)13-9-5-2-6-10-13;/h1-11H;1H/q+1;/p-1. The van der Waals surface area contributed by atoms with Crippen LogP contribution in [0.1, 0.15) is 0 Å². The molecule has 0 bridgehead atoms. The molecule has 3 aromatic rings. The van der Waals surface area contributed by atoms with E-state index in [0.717, 1.165) is 0 Å². The highest BCUT2D eigenvalue weighted by atomic mass is 127. The van der Waals surface area contributed by atoms with E-state index < -0.39 is 0 Å². The summed E-state index contributed by atoms with van der Waals surface area (Å²) in [6, 6.07) is 23.4. The molecule has 3 rings (SSSR count). The van der Waals surface area contributed by atoms with Gasteiger partial charge < -0.3 is 24.0 Å². The summed E-state index contributed by atoms with van der Waals surface area (Å²) < 4.78 is 0. The quantitative estimate of drug-likeness (QED) is 0.363. The van der Waals surface area contributed by atoms with Crippen molar-refractivity contribution in [3.8, 4) is 20.9 Å². The second-order valence-corrected chi connectivity index (χ2v) is 5.98. The minimum absolute atomic E-state index is 0. The molecule has 0 unspecified atom stereocenters. The fourth-order valence-electron chi connectivity index (χ4n) is 1.72. The summed E-state index contributed by atoms with van der Waals surface area (Å²) in [5.74, 6) is 0. The maximum absolute atomic E-state index is 2.28. The molecule has 0 amide bonds. The Labute approximate surface area is 131 Å². The Balaban J connectivity index is 0.00000120. The summed E-state index contributed by atoms with van der Waals surface area (Å²) in [5, 5.41) is 0. The van der Waals surface area contributed by atoms with Gasteiger partial charge in [0, 0.05) is 11.6 Å². The van der Waals surface area contributed by atoms with Gasteiger partial charge in [0.05, 0.1) is 4.88 Å². The lowest BCUT2D eigenvalue weighted by Crippen LogP contribution is -3.00. The Kier molecular flexibility index (Phi) is 4.86. The second-order valence-electron chi connectivity index (χ2n) is 3.77. The molecule has 2 aromatic carbocycles. The van der Waals surface area contributed by atoms with Gasteiger partial charge in [-0.15, -0.1) is 0 Å². The van der Waals surface area contributed by atoms with Crippen molar-refractivity contribution in [2.24, 2.45) is 0 Å². The molecule has 1 aromatic heterocycles. The van der Waals surface area contributed by atoms with E-state index in [1.54, 1.807) is 0 Å². The van der Waals surface area contributed by atoms with E-state index in [-0.39, 0.29) is 24.0 Å². The molecule has 0 saturated heterocycles. The average Bonchev–Trinajstić information content (AvgIpc) is 2.90. The lowest BCUT2D eigenvalue weighted by molar-refractivity contribution is -0.00000307. The van der Waals surface area contributed by atoms with E-state index in [4.69, 9.17) is 0 Å². The van der Waals surface area contributed by atoms with Crippen LogP contribution in [0, 0.1) is 0 Å². The molecule has 0 atom stereocenters. The Morgan fingerprint density at radius 3 is 1.89 bits per heavy atom. The molecule has 0 fully saturated rings. The molecule has 18 heavy (non-hydrogen) atoms. The lowest BCUT2D eigenvalue weighted by Gasteiger charge is -1.91. The van der Waals surface area contributed by atoms with Crippen molar-refractivity contribution in [3.63, 3.8) is 0 Å². The molecule has 0 radical (unpaired) electrons. The van der Waals surface area contributed by atoms with Crippen LogP contribution in [-0.2, 0) is 0 Å². The molecular formula is C15H11IS2. The van der Waals surface area contributed by atoms with Crippen LogP contribution in [-0.4, -0.2) is 0 Å². The summed E-state index contributed by atoms with van der Waals surface area (Å²) >= 11 is 0. The van der Waals surface area contributed by atoms with Crippen molar-refractivity contribution in [1.29, 1.82) is 0 Å². The van der Waals surface area contributed by atoms with Crippen molar-refractivity contribution in [3.05, 3.63) is 66.7 Å². The highest BCUT2D eigenvalue weighted by molar-refractivity contribution is 7.72. The minimum Gasteiger partial charge on any atom is -1.00 e. The molecular weight excluding hydrogens is 371 g/mol. The van der Waals surface area contributed by atoms with E-state index in [1.807, 2.05) is 20.7 Å². The monoisotopic (exact) mass is 382 g/mol. The maximum atomic E-state index is 2.28. The van der Waals surface area contributed by atoms with Crippen LogP contribution in [0.5, 0.6) is 0 Å². The van der Waals surface area contributed by atoms with Crippen molar-refractivity contribution >= 4 is 20.7 Å². The number of hydrogen-bond donors (Lipinski definition) is 0. The highest BCUT2D eigenvalue weighted by Crippen LogP contribution is 2.36. The van der Waals surface area contributed by atoms with Crippen LogP contribution in [0.15, 0.2) is 66.7 Å². The topological polar surface area (TPSA) is 0 Å². The van der Waals surface area contributed by atoms with Crippen LogP contribution >= 0.6 is 20.7 Å². The Bertz CT molecular complexity index is 549. The van der Waals surface area contributed by atoms with E-state index in [9.17, 15) is 0 Å². The van der Waals surface area contributed by atoms with Gasteiger partial charge in [-0.1, -0.05) is 48.5 Å². The normalized spacial score (nSPS) is 9.78. The van der Waals surface area contributed by atoms with Gasteiger partial charge in [-0.3, -0.25) is 0 Å².